The summed E-state index contributed by atoms with van der Waals surface area (Å²) in [6.07, 6.45) is 0.969. The van der Waals surface area contributed by atoms with Crippen LogP contribution >= 0.6 is 11.3 Å². The second-order valence-corrected chi connectivity index (χ2v) is 7.93. The van der Waals surface area contributed by atoms with Crippen molar-refractivity contribution in [2.45, 2.75) is 13.2 Å². The summed E-state index contributed by atoms with van der Waals surface area (Å²) in [4.78, 5) is 4.31. The predicted molar refractivity (Wildman–Crippen MR) is 89.9 cm³/mol. The van der Waals surface area contributed by atoms with Crippen LogP contribution in [-0.4, -0.2) is 19.7 Å². The molecule has 0 amide bonds. The Bertz CT molecular complexity index is 1020. The minimum atomic E-state index is -3.55. The van der Waals surface area contributed by atoms with Crippen molar-refractivity contribution in [2.75, 3.05) is 6.26 Å². The van der Waals surface area contributed by atoms with Gasteiger partial charge in [0.2, 0.25) is 0 Å². The SMILES string of the molecule is CS(=O)(=O)OCc1nc2cccc(COc3ccc(F)cc3F)c2s1. The number of fused-ring (bicyclic) bond motifs is 1. The summed E-state index contributed by atoms with van der Waals surface area (Å²) >= 11 is 1.27. The smallest absolute Gasteiger partial charge is 0.264 e. The van der Waals surface area contributed by atoms with Crippen LogP contribution < -0.4 is 4.74 Å². The van der Waals surface area contributed by atoms with E-state index in [0.717, 1.165) is 28.7 Å². The topological polar surface area (TPSA) is 65.5 Å². The monoisotopic (exact) mass is 385 g/mol. The van der Waals surface area contributed by atoms with E-state index in [-0.39, 0.29) is 19.0 Å². The zero-order valence-electron chi connectivity index (χ0n) is 13.0. The van der Waals surface area contributed by atoms with Gasteiger partial charge in [-0.05, 0) is 18.2 Å². The lowest BCUT2D eigenvalue weighted by Gasteiger charge is -2.07. The van der Waals surface area contributed by atoms with E-state index in [1.165, 1.54) is 17.4 Å². The van der Waals surface area contributed by atoms with Crippen LogP contribution in [0.25, 0.3) is 10.2 Å². The van der Waals surface area contributed by atoms with Crippen LogP contribution in [-0.2, 0) is 27.5 Å². The maximum Gasteiger partial charge on any atom is 0.264 e. The number of rotatable bonds is 6. The molecular formula is C16H13F2NO4S2. The molecule has 5 nitrogen and oxygen atoms in total. The Morgan fingerprint density at radius 1 is 1.16 bits per heavy atom. The number of nitrogens with zero attached hydrogens (tertiary/aromatic N) is 1. The molecule has 0 radical (unpaired) electrons. The third-order valence-corrected chi connectivity index (χ3v) is 4.88. The highest BCUT2D eigenvalue weighted by Crippen LogP contribution is 2.28. The van der Waals surface area contributed by atoms with Crippen LogP contribution in [0, 0.1) is 11.6 Å². The van der Waals surface area contributed by atoms with Gasteiger partial charge in [-0.2, -0.15) is 8.42 Å². The van der Waals surface area contributed by atoms with E-state index in [0.29, 0.717) is 10.5 Å². The normalized spacial score (nSPS) is 11.8. The number of aromatic nitrogens is 1. The maximum atomic E-state index is 13.6. The molecule has 0 aliphatic carbocycles. The van der Waals surface area contributed by atoms with E-state index in [2.05, 4.69) is 4.98 Å². The number of ether oxygens (including phenoxy) is 1. The van der Waals surface area contributed by atoms with Crippen LogP contribution in [0.4, 0.5) is 8.78 Å². The summed E-state index contributed by atoms with van der Waals surface area (Å²) in [7, 11) is -3.55. The molecular weight excluding hydrogens is 372 g/mol. The summed E-state index contributed by atoms with van der Waals surface area (Å²) in [5, 5.41) is 0.501. The van der Waals surface area contributed by atoms with Crippen molar-refractivity contribution >= 4 is 31.7 Å². The highest BCUT2D eigenvalue weighted by Gasteiger charge is 2.12. The molecule has 3 aromatic rings. The van der Waals surface area contributed by atoms with Crippen LogP contribution in [0.15, 0.2) is 36.4 Å². The molecule has 0 saturated carbocycles. The first-order chi connectivity index (χ1) is 11.8. The van der Waals surface area contributed by atoms with Crippen molar-refractivity contribution in [3.8, 4) is 5.75 Å². The first-order valence-corrected chi connectivity index (χ1v) is 9.75. The van der Waals surface area contributed by atoms with Crippen LogP contribution in [0.1, 0.15) is 10.6 Å². The Morgan fingerprint density at radius 3 is 2.68 bits per heavy atom. The van der Waals surface area contributed by atoms with Crippen molar-refractivity contribution in [1.29, 1.82) is 0 Å². The molecule has 0 bridgehead atoms. The molecule has 0 aliphatic rings. The fourth-order valence-electron chi connectivity index (χ4n) is 2.13. The maximum absolute atomic E-state index is 13.6. The Balaban J connectivity index is 1.80. The van der Waals surface area contributed by atoms with Gasteiger partial charge in [0.05, 0.1) is 16.5 Å². The van der Waals surface area contributed by atoms with Crippen molar-refractivity contribution in [2.24, 2.45) is 0 Å². The van der Waals surface area contributed by atoms with Gasteiger partial charge in [0.15, 0.2) is 11.6 Å². The van der Waals surface area contributed by atoms with Gasteiger partial charge in [-0.3, -0.25) is 4.18 Å². The summed E-state index contributed by atoms with van der Waals surface area (Å²) in [5.74, 6) is -1.51. The quantitative estimate of drug-likeness (QED) is 0.606. The molecule has 0 spiro atoms. The Morgan fingerprint density at radius 2 is 1.96 bits per heavy atom. The number of halogens is 2. The average molecular weight is 385 g/mol. The molecule has 0 unspecified atom stereocenters. The molecule has 9 heteroatoms. The molecule has 25 heavy (non-hydrogen) atoms. The predicted octanol–water partition coefficient (Wildman–Crippen LogP) is 3.63. The minimum absolute atomic E-state index is 0.0523. The molecule has 3 rings (SSSR count). The van der Waals surface area contributed by atoms with Gasteiger partial charge in [0.25, 0.3) is 10.1 Å². The molecule has 2 aromatic carbocycles. The van der Waals surface area contributed by atoms with Crippen LogP contribution in [0.3, 0.4) is 0 Å². The zero-order valence-corrected chi connectivity index (χ0v) is 14.7. The van der Waals surface area contributed by atoms with Crippen LogP contribution in [0.5, 0.6) is 5.75 Å². The number of hydrogen-bond acceptors (Lipinski definition) is 6. The van der Waals surface area contributed by atoms with Crippen molar-refractivity contribution in [1.82, 2.24) is 4.98 Å². The van der Waals surface area contributed by atoms with Crippen molar-refractivity contribution < 1.29 is 26.1 Å². The van der Waals surface area contributed by atoms with Gasteiger partial charge < -0.3 is 4.74 Å². The third kappa shape index (κ3) is 4.50. The van der Waals surface area contributed by atoms with E-state index in [1.54, 1.807) is 18.2 Å². The summed E-state index contributed by atoms with van der Waals surface area (Å²) in [6.45, 7) is -0.0838. The molecule has 1 aromatic heterocycles. The Hall–Kier alpha value is -2.10. The summed E-state index contributed by atoms with van der Waals surface area (Å²) in [6, 6.07) is 8.43. The summed E-state index contributed by atoms with van der Waals surface area (Å²) in [5.41, 5.74) is 1.42. The lowest BCUT2D eigenvalue weighted by molar-refractivity contribution is 0.291. The largest absolute Gasteiger partial charge is 0.486 e. The lowest BCUT2D eigenvalue weighted by Crippen LogP contribution is -2.02. The molecule has 1 heterocycles. The minimum Gasteiger partial charge on any atom is -0.486 e. The zero-order chi connectivity index (χ0) is 18.0. The second kappa shape index (κ2) is 7.03. The van der Waals surface area contributed by atoms with E-state index in [1.807, 2.05) is 0 Å². The molecule has 0 atom stereocenters. The molecule has 132 valence electrons. The third-order valence-electron chi connectivity index (χ3n) is 3.21. The molecule has 0 N–H and O–H groups in total. The lowest BCUT2D eigenvalue weighted by atomic mass is 10.2. The van der Waals surface area contributed by atoms with E-state index < -0.39 is 21.8 Å². The average Bonchev–Trinajstić information content (AvgIpc) is 2.95. The number of benzene rings is 2. The first-order valence-electron chi connectivity index (χ1n) is 7.11. The van der Waals surface area contributed by atoms with Gasteiger partial charge >= 0.3 is 0 Å². The van der Waals surface area contributed by atoms with Crippen LogP contribution in [0.2, 0.25) is 0 Å². The fraction of sp³-hybridized carbons (Fsp3) is 0.188. The van der Waals surface area contributed by atoms with Crippen molar-refractivity contribution in [3.05, 3.63) is 58.6 Å². The van der Waals surface area contributed by atoms with Gasteiger partial charge in [0.1, 0.15) is 24.0 Å². The fourth-order valence-corrected chi connectivity index (χ4v) is 3.51. The molecule has 0 saturated heterocycles. The highest BCUT2D eigenvalue weighted by atomic mass is 32.2. The van der Waals surface area contributed by atoms with Gasteiger partial charge in [-0.25, -0.2) is 13.8 Å². The van der Waals surface area contributed by atoms with Gasteiger partial charge in [-0.15, -0.1) is 11.3 Å². The first kappa shape index (κ1) is 17.7. The Kier molecular flexibility index (Phi) is 4.98. The summed E-state index contributed by atoms with van der Waals surface area (Å²) < 4.78 is 59.7. The van der Waals surface area contributed by atoms with Crippen molar-refractivity contribution in [3.63, 3.8) is 0 Å². The Labute approximate surface area is 147 Å². The molecule has 0 fully saturated rings. The standard InChI is InChI=1S/C16H13F2NO4S2/c1-25(20,21)23-9-15-19-13-4-2-3-10(16(13)24-15)8-22-14-6-5-11(17)7-12(14)18/h2-7H,8-9H2,1H3. The molecule has 0 aliphatic heterocycles. The van der Waals surface area contributed by atoms with Gasteiger partial charge in [-0.1, -0.05) is 12.1 Å². The van der Waals surface area contributed by atoms with E-state index >= 15 is 0 Å². The van der Waals surface area contributed by atoms with E-state index in [9.17, 15) is 17.2 Å². The second-order valence-electron chi connectivity index (χ2n) is 5.20. The van der Waals surface area contributed by atoms with Gasteiger partial charge in [0, 0.05) is 11.6 Å². The number of thiazole rings is 1. The van der Waals surface area contributed by atoms with E-state index in [4.69, 9.17) is 8.92 Å². The number of hydrogen-bond donors (Lipinski definition) is 0. The highest BCUT2D eigenvalue weighted by molar-refractivity contribution is 7.85.